The molecule has 174 valence electrons. The zero-order chi connectivity index (χ0) is 24.5. The number of alkyl halides is 3. The Bertz CT molecular complexity index is 1230. The van der Waals surface area contributed by atoms with Gasteiger partial charge >= 0.3 is 17.6 Å². The molecular weight excluding hydrogens is 447 g/mol. The minimum absolute atomic E-state index is 0.113. The van der Waals surface area contributed by atoms with Gasteiger partial charge in [-0.2, -0.15) is 13.2 Å². The summed E-state index contributed by atoms with van der Waals surface area (Å²) in [6.45, 7) is 4.40. The molecule has 0 bridgehead atoms. The molecule has 0 aliphatic rings. The van der Waals surface area contributed by atoms with Crippen molar-refractivity contribution in [3.05, 3.63) is 62.2 Å². The number of nitro benzene ring substituents is 2. The minimum Gasteiger partial charge on any atom is -0.493 e. The molecule has 1 aromatic heterocycles. The zero-order valence-electron chi connectivity index (χ0n) is 17.4. The third-order valence-electron chi connectivity index (χ3n) is 4.89. The molecule has 0 fully saturated rings. The SMILES string of the molecule is CC(C)CCn1c(O)c(N=Nc2c([N+](=O)[O-])cc(C(F)(F)F)cc2[N+](=O)[O-])c2ccccc21. The van der Waals surface area contributed by atoms with Crippen molar-refractivity contribution in [3.63, 3.8) is 0 Å². The van der Waals surface area contributed by atoms with Crippen LogP contribution < -0.4 is 0 Å². The summed E-state index contributed by atoms with van der Waals surface area (Å²) in [5, 5.41) is 41.2. The van der Waals surface area contributed by atoms with Crippen molar-refractivity contribution in [3.8, 4) is 5.88 Å². The van der Waals surface area contributed by atoms with Gasteiger partial charge in [-0.25, -0.2) is 0 Å². The first kappa shape index (κ1) is 23.6. The Labute approximate surface area is 184 Å². The van der Waals surface area contributed by atoms with E-state index in [1.54, 1.807) is 28.8 Å². The molecule has 0 saturated heterocycles. The number of benzene rings is 2. The van der Waals surface area contributed by atoms with Gasteiger partial charge in [0, 0.05) is 24.1 Å². The quantitative estimate of drug-likeness (QED) is 0.237. The molecule has 3 aromatic rings. The molecule has 1 heterocycles. The predicted octanol–water partition coefficient (Wildman–Crippen LogP) is 6.64. The maximum Gasteiger partial charge on any atom is 0.416 e. The lowest BCUT2D eigenvalue weighted by Gasteiger charge is -2.08. The fourth-order valence-corrected chi connectivity index (χ4v) is 3.23. The number of aromatic hydroxyl groups is 1. The van der Waals surface area contributed by atoms with Gasteiger partial charge in [-0.1, -0.05) is 32.0 Å². The number of halogens is 3. The second kappa shape index (κ2) is 8.84. The molecule has 0 unspecified atom stereocenters. The Balaban J connectivity index is 2.20. The smallest absolute Gasteiger partial charge is 0.416 e. The van der Waals surface area contributed by atoms with Crippen molar-refractivity contribution in [2.75, 3.05) is 0 Å². The Morgan fingerprint density at radius 1 is 1.03 bits per heavy atom. The second-order valence-corrected chi connectivity index (χ2v) is 7.60. The number of nitro groups is 2. The molecule has 3 rings (SSSR count). The second-order valence-electron chi connectivity index (χ2n) is 7.60. The number of para-hydroxylation sites is 1. The van der Waals surface area contributed by atoms with Crippen molar-refractivity contribution in [1.29, 1.82) is 0 Å². The van der Waals surface area contributed by atoms with Crippen LogP contribution in [0.15, 0.2) is 46.6 Å². The van der Waals surface area contributed by atoms with Crippen molar-refractivity contribution >= 4 is 33.7 Å². The van der Waals surface area contributed by atoms with Crippen LogP contribution in [0.1, 0.15) is 25.8 Å². The molecule has 0 radical (unpaired) electrons. The highest BCUT2D eigenvalue weighted by Gasteiger charge is 2.38. The summed E-state index contributed by atoms with van der Waals surface area (Å²) >= 11 is 0. The standard InChI is InChI=1S/C20H18F3N5O5/c1-11(2)7-8-26-14-6-4-3-5-13(14)17(19(26)29)24-25-18-15(27(30)31)9-12(20(21,22)23)10-16(18)28(32)33/h3-6,9-11,29H,7-8H2,1-2H3. The number of hydrogen-bond donors (Lipinski definition) is 1. The predicted molar refractivity (Wildman–Crippen MR) is 112 cm³/mol. The molecule has 13 heteroatoms. The van der Waals surface area contributed by atoms with E-state index in [1.165, 1.54) is 0 Å². The first-order chi connectivity index (χ1) is 15.4. The molecule has 33 heavy (non-hydrogen) atoms. The van der Waals surface area contributed by atoms with Gasteiger partial charge < -0.3 is 9.67 Å². The van der Waals surface area contributed by atoms with E-state index in [0.717, 1.165) is 0 Å². The van der Waals surface area contributed by atoms with Gasteiger partial charge in [-0.05, 0) is 18.4 Å². The fraction of sp³-hybridized carbons (Fsp3) is 0.300. The lowest BCUT2D eigenvalue weighted by molar-refractivity contribution is -0.393. The maximum atomic E-state index is 13.1. The van der Waals surface area contributed by atoms with Crippen LogP contribution in [0.4, 0.5) is 35.9 Å². The molecule has 2 aromatic carbocycles. The summed E-state index contributed by atoms with van der Waals surface area (Å²) in [7, 11) is 0. The van der Waals surface area contributed by atoms with Crippen LogP contribution >= 0.6 is 0 Å². The Morgan fingerprint density at radius 2 is 1.58 bits per heavy atom. The first-order valence-electron chi connectivity index (χ1n) is 9.67. The van der Waals surface area contributed by atoms with E-state index in [4.69, 9.17) is 0 Å². The third kappa shape index (κ3) is 4.76. The molecule has 0 atom stereocenters. The molecule has 10 nitrogen and oxygen atoms in total. The number of nitrogens with zero attached hydrogens (tertiary/aromatic N) is 5. The zero-order valence-corrected chi connectivity index (χ0v) is 17.4. The molecule has 0 saturated carbocycles. The molecule has 0 amide bonds. The lowest BCUT2D eigenvalue weighted by atomic mass is 10.1. The monoisotopic (exact) mass is 465 g/mol. The Kier molecular flexibility index (Phi) is 6.33. The summed E-state index contributed by atoms with van der Waals surface area (Å²) < 4.78 is 40.8. The van der Waals surface area contributed by atoms with Gasteiger partial charge in [0.2, 0.25) is 11.6 Å². The highest BCUT2D eigenvalue weighted by Crippen LogP contribution is 2.45. The lowest BCUT2D eigenvalue weighted by Crippen LogP contribution is -2.07. The van der Waals surface area contributed by atoms with E-state index in [2.05, 4.69) is 10.2 Å². The highest BCUT2D eigenvalue weighted by atomic mass is 19.4. The molecular formula is C20H18F3N5O5. The number of aryl methyl sites for hydroxylation is 1. The van der Waals surface area contributed by atoms with Gasteiger partial charge in [0.05, 0.1) is 20.9 Å². The normalized spacial score (nSPS) is 12.2. The van der Waals surface area contributed by atoms with E-state index in [0.29, 0.717) is 29.8 Å². The fourth-order valence-electron chi connectivity index (χ4n) is 3.23. The molecule has 1 N–H and O–H groups in total. The average molecular weight is 465 g/mol. The summed E-state index contributed by atoms with van der Waals surface area (Å²) in [4.78, 5) is 20.3. The molecule has 0 aliphatic carbocycles. The van der Waals surface area contributed by atoms with E-state index >= 15 is 0 Å². The minimum atomic E-state index is -5.05. The van der Waals surface area contributed by atoms with Gasteiger partial charge in [0.1, 0.15) is 0 Å². The Morgan fingerprint density at radius 3 is 2.09 bits per heavy atom. The summed E-state index contributed by atoms with van der Waals surface area (Å²) in [5.41, 5.74) is -4.52. The van der Waals surface area contributed by atoms with E-state index in [-0.39, 0.29) is 23.7 Å². The van der Waals surface area contributed by atoms with Crippen molar-refractivity contribution < 1.29 is 28.1 Å². The van der Waals surface area contributed by atoms with Crippen molar-refractivity contribution in [2.45, 2.75) is 33.0 Å². The van der Waals surface area contributed by atoms with Crippen molar-refractivity contribution in [2.24, 2.45) is 16.1 Å². The third-order valence-corrected chi connectivity index (χ3v) is 4.89. The summed E-state index contributed by atoms with van der Waals surface area (Å²) in [5.74, 6) is -0.00842. The highest BCUT2D eigenvalue weighted by molar-refractivity contribution is 5.95. The molecule has 0 spiro atoms. The first-order valence-corrected chi connectivity index (χ1v) is 9.67. The number of aromatic nitrogens is 1. The van der Waals surface area contributed by atoms with Gasteiger partial charge in [0.15, 0.2) is 5.69 Å². The van der Waals surface area contributed by atoms with Crippen LogP contribution in [0.2, 0.25) is 0 Å². The molecule has 0 aliphatic heterocycles. The van der Waals surface area contributed by atoms with Crippen molar-refractivity contribution in [1.82, 2.24) is 4.57 Å². The van der Waals surface area contributed by atoms with E-state index in [1.807, 2.05) is 13.8 Å². The van der Waals surface area contributed by atoms with Crippen LogP contribution in [0.5, 0.6) is 5.88 Å². The van der Waals surface area contributed by atoms with Crippen LogP contribution in [-0.4, -0.2) is 19.5 Å². The maximum absolute atomic E-state index is 13.1. The number of hydrogen-bond acceptors (Lipinski definition) is 7. The number of fused-ring (bicyclic) bond motifs is 1. The number of rotatable bonds is 7. The number of azo groups is 1. The van der Waals surface area contributed by atoms with Gasteiger partial charge in [0.25, 0.3) is 0 Å². The largest absolute Gasteiger partial charge is 0.493 e. The Hall–Kier alpha value is -4.03. The summed E-state index contributed by atoms with van der Waals surface area (Å²) in [6.07, 6.45) is -4.34. The van der Waals surface area contributed by atoms with Gasteiger partial charge in [-0.15, -0.1) is 10.2 Å². The van der Waals surface area contributed by atoms with Crippen LogP contribution in [0.25, 0.3) is 10.9 Å². The average Bonchev–Trinajstić information content (AvgIpc) is 2.99. The van der Waals surface area contributed by atoms with E-state index < -0.39 is 38.6 Å². The van der Waals surface area contributed by atoms with Crippen LogP contribution in [0.3, 0.4) is 0 Å². The van der Waals surface area contributed by atoms with Crippen LogP contribution in [-0.2, 0) is 12.7 Å². The topological polar surface area (TPSA) is 136 Å². The van der Waals surface area contributed by atoms with Gasteiger partial charge in [-0.3, -0.25) is 20.2 Å². The summed E-state index contributed by atoms with van der Waals surface area (Å²) in [6, 6.07) is 7.00. The van der Waals surface area contributed by atoms with E-state index in [9.17, 15) is 38.5 Å². The van der Waals surface area contributed by atoms with Crippen LogP contribution in [0, 0.1) is 26.1 Å².